The zero-order valence-electron chi connectivity index (χ0n) is 12.2. The molecule has 0 saturated carbocycles. The maximum atomic E-state index is 11.8. The number of benzene rings is 2. The van der Waals surface area contributed by atoms with E-state index in [0.29, 0.717) is 12.1 Å². The first-order valence-electron chi connectivity index (χ1n) is 6.93. The highest BCUT2D eigenvalue weighted by atomic mass is 16.5. The number of nitrogens with one attached hydrogen (secondary N) is 1. The SMILES string of the molecule is CCc1cc(NC(=O)OCc2ccccc2)cc(C(=O)O)c1. The van der Waals surface area contributed by atoms with Gasteiger partial charge in [0.2, 0.25) is 0 Å². The average molecular weight is 299 g/mol. The highest BCUT2D eigenvalue weighted by Gasteiger charge is 2.09. The van der Waals surface area contributed by atoms with Crippen molar-refractivity contribution in [3.05, 3.63) is 65.2 Å². The van der Waals surface area contributed by atoms with Crippen LogP contribution in [0, 0.1) is 0 Å². The maximum absolute atomic E-state index is 11.8. The lowest BCUT2D eigenvalue weighted by molar-refractivity contribution is 0.0696. The molecular weight excluding hydrogens is 282 g/mol. The van der Waals surface area contributed by atoms with E-state index < -0.39 is 12.1 Å². The Bertz CT molecular complexity index is 668. The smallest absolute Gasteiger partial charge is 0.411 e. The molecule has 0 radical (unpaired) electrons. The Kier molecular flexibility index (Phi) is 5.14. The fraction of sp³-hybridized carbons (Fsp3) is 0.176. The number of carboxylic acid groups (broad SMARTS) is 1. The number of amides is 1. The Morgan fingerprint density at radius 2 is 1.82 bits per heavy atom. The van der Waals surface area contributed by atoms with Crippen LogP contribution in [-0.2, 0) is 17.8 Å². The van der Waals surface area contributed by atoms with E-state index in [1.807, 2.05) is 37.3 Å². The van der Waals surface area contributed by atoms with Gasteiger partial charge in [0, 0.05) is 5.69 Å². The highest BCUT2D eigenvalue weighted by molar-refractivity contribution is 5.91. The molecule has 0 fully saturated rings. The second-order valence-corrected chi connectivity index (χ2v) is 4.76. The molecule has 0 bridgehead atoms. The zero-order chi connectivity index (χ0) is 15.9. The molecule has 114 valence electrons. The molecule has 0 saturated heterocycles. The molecule has 5 nitrogen and oxygen atoms in total. The second-order valence-electron chi connectivity index (χ2n) is 4.76. The van der Waals surface area contributed by atoms with Crippen molar-refractivity contribution in [2.45, 2.75) is 20.0 Å². The monoisotopic (exact) mass is 299 g/mol. The third-order valence-corrected chi connectivity index (χ3v) is 3.11. The van der Waals surface area contributed by atoms with Gasteiger partial charge < -0.3 is 9.84 Å². The van der Waals surface area contributed by atoms with Crippen molar-refractivity contribution < 1.29 is 19.4 Å². The van der Waals surface area contributed by atoms with Crippen LogP contribution in [0.25, 0.3) is 0 Å². The summed E-state index contributed by atoms with van der Waals surface area (Å²) < 4.78 is 5.11. The van der Waals surface area contributed by atoms with Gasteiger partial charge in [0.15, 0.2) is 0 Å². The molecule has 0 aliphatic heterocycles. The number of carbonyl (C=O) groups is 2. The largest absolute Gasteiger partial charge is 0.478 e. The van der Waals surface area contributed by atoms with E-state index in [0.717, 1.165) is 11.1 Å². The standard InChI is InChI=1S/C17H17NO4/c1-2-12-8-14(16(19)20)10-15(9-12)18-17(21)22-11-13-6-4-3-5-7-13/h3-10H,2,11H2,1H3,(H,18,21)(H,19,20). The normalized spacial score (nSPS) is 10.0. The quantitative estimate of drug-likeness (QED) is 0.882. The molecule has 0 aliphatic rings. The van der Waals surface area contributed by atoms with Crippen molar-refractivity contribution in [3.8, 4) is 0 Å². The fourth-order valence-electron chi connectivity index (χ4n) is 1.97. The summed E-state index contributed by atoms with van der Waals surface area (Å²) in [6.45, 7) is 2.07. The van der Waals surface area contributed by atoms with Crippen LogP contribution < -0.4 is 5.32 Å². The number of anilines is 1. The first-order chi connectivity index (χ1) is 10.6. The Morgan fingerprint density at radius 1 is 1.09 bits per heavy atom. The lowest BCUT2D eigenvalue weighted by Gasteiger charge is -2.09. The molecule has 0 spiro atoms. The molecule has 0 atom stereocenters. The van der Waals surface area contributed by atoms with Gasteiger partial charge in [0.1, 0.15) is 6.61 Å². The summed E-state index contributed by atoms with van der Waals surface area (Å²) in [5.41, 5.74) is 2.26. The molecular formula is C17H17NO4. The van der Waals surface area contributed by atoms with Crippen molar-refractivity contribution in [1.29, 1.82) is 0 Å². The van der Waals surface area contributed by atoms with E-state index >= 15 is 0 Å². The van der Waals surface area contributed by atoms with E-state index in [-0.39, 0.29) is 12.2 Å². The molecule has 0 unspecified atom stereocenters. The van der Waals surface area contributed by atoms with Gasteiger partial charge in [-0.25, -0.2) is 9.59 Å². The van der Waals surface area contributed by atoms with Crippen molar-refractivity contribution in [3.63, 3.8) is 0 Å². The first-order valence-corrected chi connectivity index (χ1v) is 6.93. The van der Waals surface area contributed by atoms with E-state index in [1.54, 1.807) is 12.1 Å². The number of carbonyl (C=O) groups excluding carboxylic acids is 1. The number of aromatic carboxylic acids is 1. The van der Waals surface area contributed by atoms with E-state index in [9.17, 15) is 9.59 Å². The van der Waals surface area contributed by atoms with Gasteiger partial charge >= 0.3 is 12.1 Å². The van der Waals surface area contributed by atoms with Crippen LogP contribution in [0.4, 0.5) is 10.5 Å². The molecule has 2 aromatic rings. The summed E-state index contributed by atoms with van der Waals surface area (Å²) in [5, 5.41) is 11.6. The third kappa shape index (κ3) is 4.34. The van der Waals surface area contributed by atoms with Crippen LogP contribution >= 0.6 is 0 Å². The van der Waals surface area contributed by atoms with Crippen LogP contribution in [0.15, 0.2) is 48.5 Å². The fourth-order valence-corrected chi connectivity index (χ4v) is 1.97. The lowest BCUT2D eigenvalue weighted by Crippen LogP contribution is -2.14. The van der Waals surface area contributed by atoms with Crippen molar-refractivity contribution in [1.82, 2.24) is 0 Å². The summed E-state index contributed by atoms with van der Waals surface area (Å²) in [5.74, 6) is -1.03. The minimum Gasteiger partial charge on any atom is -0.478 e. The molecule has 0 heterocycles. The molecule has 22 heavy (non-hydrogen) atoms. The molecule has 1 amide bonds. The van der Waals surface area contributed by atoms with E-state index in [1.165, 1.54) is 6.07 Å². The number of rotatable bonds is 5. The second kappa shape index (κ2) is 7.26. The van der Waals surface area contributed by atoms with Gasteiger partial charge in [-0.05, 0) is 35.7 Å². The average Bonchev–Trinajstić information content (AvgIpc) is 2.53. The molecule has 0 aromatic heterocycles. The van der Waals surface area contributed by atoms with Crippen molar-refractivity contribution >= 4 is 17.7 Å². The van der Waals surface area contributed by atoms with Gasteiger partial charge in [-0.3, -0.25) is 5.32 Å². The third-order valence-electron chi connectivity index (χ3n) is 3.11. The Balaban J connectivity index is 2.01. The van der Waals surface area contributed by atoms with Gasteiger partial charge in [-0.15, -0.1) is 0 Å². The number of hydrogen-bond acceptors (Lipinski definition) is 3. The predicted molar refractivity (Wildman–Crippen MR) is 83.0 cm³/mol. The van der Waals surface area contributed by atoms with Gasteiger partial charge in [0.25, 0.3) is 0 Å². The van der Waals surface area contributed by atoms with Gasteiger partial charge in [0.05, 0.1) is 5.56 Å². The maximum Gasteiger partial charge on any atom is 0.411 e. The summed E-state index contributed by atoms with van der Waals surface area (Å²) in [7, 11) is 0. The highest BCUT2D eigenvalue weighted by Crippen LogP contribution is 2.16. The summed E-state index contributed by atoms with van der Waals surface area (Å²) in [6.07, 6.45) is 0.0583. The lowest BCUT2D eigenvalue weighted by atomic mass is 10.1. The molecule has 2 rings (SSSR count). The van der Waals surface area contributed by atoms with E-state index in [4.69, 9.17) is 9.84 Å². The number of ether oxygens (including phenoxy) is 1. The zero-order valence-corrected chi connectivity index (χ0v) is 12.2. The van der Waals surface area contributed by atoms with Crippen LogP contribution in [0.2, 0.25) is 0 Å². The van der Waals surface area contributed by atoms with Crippen molar-refractivity contribution in [2.24, 2.45) is 0 Å². The molecule has 2 aromatic carbocycles. The first kappa shape index (κ1) is 15.6. The summed E-state index contributed by atoms with van der Waals surface area (Å²) in [4.78, 5) is 22.9. The Morgan fingerprint density at radius 3 is 2.45 bits per heavy atom. The molecule has 5 heteroatoms. The Labute approximate surface area is 128 Å². The van der Waals surface area contributed by atoms with E-state index in [2.05, 4.69) is 5.32 Å². The van der Waals surface area contributed by atoms with Crippen LogP contribution in [-0.4, -0.2) is 17.2 Å². The topological polar surface area (TPSA) is 75.6 Å². The van der Waals surface area contributed by atoms with Crippen LogP contribution in [0.3, 0.4) is 0 Å². The van der Waals surface area contributed by atoms with Gasteiger partial charge in [-0.1, -0.05) is 37.3 Å². The van der Waals surface area contributed by atoms with Crippen LogP contribution in [0.5, 0.6) is 0 Å². The minimum absolute atomic E-state index is 0.137. The number of aryl methyl sites for hydroxylation is 1. The number of carboxylic acids is 1. The molecule has 0 aliphatic carbocycles. The predicted octanol–water partition coefficient (Wildman–Crippen LogP) is 3.70. The Hall–Kier alpha value is -2.82. The summed E-state index contributed by atoms with van der Waals surface area (Å²) in [6, 6.07) is 14.0. The van der Waals surface area contributed by atoms with Crippen LogP contribution in [0.1, 0.15) is 28.4 Å². The summed E-state index contributed by atoms with van der Waals surface area (Å²) >= 11 is 0. The van der Waals surface area contributed by atoms with Gasteiger partial charge in [-0.2, -0.15) is 0 Å². The number of hydrogen-bond donors (Lipinski definition) is 2. The molecule has 2 N–H and O–H groups in total. The minimum atomic E-state index is -1.03. The van der Waals surface area contributed by atoms with Crippen molar-refractivity contribution in [2.75, 3.05) is 5.32 Å².